The van der Waals surface area contributed by atoms with E-state index < -0.39 is 5.95 Å². The molecule has 1 fully saturated rings. The average molecular weight is 464 g/mol. The Bertz CT molecular complexity index is 1180. The minimum atomic E-state index is -0.516. The third-order valence-electron chi connectivity index (χ3n) is 6.35. The Morgan fingerprint density at radius 1 is 1.06 bits per heavy atom. The van der Waals surface area contributed by atoms with Gasteiger partial charge in [-0.25, -0.2) is 24.9 Å². The third-order valence-corrected chi connectivity index (χ3v) is 6.35. The molecular formula is C23H26FN9O. The van der Waals surface area contributed by atoms with Gasteiger partial charge in [0.1, 0.15) is 5.82 Å². The van der Waals surface area contributed by atoms with E-state index in [1.54, 1.807) is 18.5 Å². The summed E-state index contributed by atoms with van der Waals surface area (Å²) in [5.74, 6) is 0.730. The number of hydrogen-bond donors (Lipinski definition) is 1. The summed E-state index contributed by atoms with van der Waals surface area (Å²) in [6.07, 6.45) is 5.82. The van der Waals surface area contributed by atoms with Gasteiger partial charge in [-0.1, -0.05) is 0 Å². The number of hydrogen-bond acceptors (Lipinski definition) is 9. The molecule has 5 heterocycles. The quantitative estimate of drug-likeness (QED) is 0.557. The molecule has 0 aromatic carbocycles. The number of nitrogens with zero attached hydrogens (tertiary/aromatic N) is 8. The average Bonchev–Trinajstić information content (AvgIpc) is 2.84. The van der Waals surface area contributed by atoms with Crippen LogP contribution in [0.4, 0.5) is 15.9 Å². The SMILES string of the molecule is CC1c2cnc(-c3ncccn3)nc2CCN1c1cc(N2CCN(CC(N)=O)CC2)cc(F)n1. The number of halogens is 1. The molecule has 2 aliphatic rings. The summed E-state index contributed by atoms with van der Waals surface area (Å²) in [5, 5.41) is 0. The van der Waals surface area contributed by atoms with E-state index in [-0.39, 0.29) is 18.5 Å². The Kier molecular flexibility index (Phi) is 6.01. The molecule has 10 nitrogen and oxygen atoms in total. The number of fused-ring (bicyclic) bond motifs is 1. The number of pyridine rings is 1. The summed E-state index contributed by atoms with van der Waals surface area (Å²) in [6.45, 7) is 5.71. The molecule has 0 spiro atoms. The number of anilines is 2. The van der Waals surface area contributed by atoms with Crippen LogP contribution in [0, 0.1) is 5.95 Å². The van der Waals surface area contributed by atoms with Crippen LogP contribution >= 0.6 is 0 Å². The van der Waals surface area contributed by atoms with Crippen molar-refractivity contribution >= 4 is 17.4 Å². The van der Waals surface area contributed by atoms with Crippen molar-refractivity contribution in [1.29, 1.82) is 0 Å². The van der Waals surface area contributed by atoms with Gasteiger partial charge in [0.15, 0.2) is 11.6 Å². The second-order valence-electron chi connectivity index (χ2n) is 8.52. The zero-order valence-electron chi connectivity index (χ0n) is 18.9. The van der Waals surface area contributed by atoms with Gasteiger partial charge in [0.25, 0.3) is 0 Å². The lowest BCUT2D eigenvalue weighted by Crippen LogP contribution is -2.49. The second-order valence-corrected chi connectivity index (χ2v) is 8.52. The number of amides is 1. The smallest absolute Gasteiger partial charge is 0.231 e. The molecule has 3 aromatic rings. The summed E-state index contributed by atoms with van der Waals surface area (Å²) in [6, 6.07) is 5.08. The fourth-order valence-electron chi connectivity index (χ4n) is 4.58. The fourth-order valence-corrected chi connectivity index (χ4v) is 4.58. The minimum absolute atomic E-state index is 0.0657. The largest absolute Gasteiger partial charge is 0.369 e. The van der Waals surface area contributed by atoms with E-state index in [9.17, 15) is 9.18 Å². The van der Waals surface area contributed by atoms with E-state index >= 15 is 0 Å². The Hall–Kier alpha value is -3.73. The van der Waals surface area contributed by atoms with Gasteiger partial charge in [0.05, 0.1) is 18.3 Å². The maximum atomic E-state index is 14.6. The van der Waals surface area contributed by atoms with Crippen LogP contribution in [-0.4, -0.2) is 75.0 Å². The lowest BCUT2D eigenvalue weighted by molar-refractivity contribution is -0.119. The first-order valence-electron chi connectivity index (χ1n) is 11.3. The number of piperazine rings is 1. The second kappa shape index (κ2) is 9.26. The van der Waals surface area contributed by atoms with Gasteiger partial charge >= 0.3 is 0 Å². The highest BCUT2D eigenvalue weighted by atomic mass is 19.1. The molecule has 3 aromatic heterocycles. The Morgan fingerprint density at radius 2 is 1.82 bits per heavy atom. The molecule has 11 heteroatoms. The summed E-state index contributed by atoms with van der Waals surface area (Å²) in [4.78, 5) is 39.2. The highest BCUT2D eigenvalue weighted by Crippen LogP contribution is 2.34. The lowest BCUT2D eigenvalue weighted by atomic mass is 9.99. The van der Waals surface area contributed by atoms with Crippen molar-refractivity contribution < 1.29 is 9.18 Å². The predicted molar refractivity (Wildman–Crippen MR) is 125 cm³/mol. The van der Waals surface area contributed by atoms with Gasteiger partial charge in [-0.15, -0.1) is 0 Å². The van der Waals surface area contributed by atoms with Gasteiger partial charge in [-0.3, -0.25) is 9.69 Å². The fraction of sp³-hybridized carbons (Fsp3) is 0.391. The van der Waals surface area contributed by atoms with Gasteiger partial charge < -0.3 is 15.5 Å². The number of nitrogens with two attached hydrogens (primary N) is 1. The standard InChI is InChI=1S/C23H26FN9O/c1-15-17-13-28-23(22-26-4-2-5-27-22)29-18(17)3-6-33(15)21-12-16(11-19(24)30-21)32-9-7-31(8-10-32)14-20(25)34/h2,4-5,11-13,15H,3,6-10,14H2,1H3,(H2,25,34). The third kappa shape index (κ3) is 4.51. The van der Waals surface area contributed by atoms with Crippen molar-refractivity contribution in [3.05, 3.63) is 54.0 Å². The summed E-state index contributed by atoms with van der Waals surface area (Å²) in [5.41, 5.74) is 8.02. The molecular weight excluding hydrogens is 437 g/mol. The van der Waals surface area contributed by atoms with Crippen LogP contribution < -0.4 is 15.5 Å². The molecule has 0 radical (unpaired) electrons. The molecule has 5 rings (SSSR count). The number of primary amides is 1. The normalized spacial score (nSPS) is 18.6. The van der Waals surface area contributed by atoms with Gasteiger partial charge in [0.2, 0.25) is 11.9 Å². The first-order chi connectivity index (χ1) is 16.5. The van der Waals surface area contributed by atoms with Crippen molar-refractivity contribution in [2.24, 2.45) is 5.73 Å². The van der Waals surface area contributed by atoms with Crippen LogP contribution in [0.1, 0.15) is 24.2 Å². The molecule has 34 heavy (non-hydrogen) atoms. The highest BCUT2D eigenvalue weighted by molar-refractivity contribution is 5.76. The molecule has 2 N–H and O–H groups in total. The van der Waals surface area contributed by atoms with E-state index in [1.165, 1.54) is 6.07 Å². The van der Waals surface area contributed by atoms with Crippen LogP contribution in [0.3, 0.4) is 0 Å². The topological polar surface area (TPSA) is 117 Å². The van der Waals surface area contributed by atoms with E-state index in [0.29, 0.717) is 56.6 Å². The summed E-state index contributed by atoms with van der Waals surface area (Å²) < 4.78 is 14.6. The Balaban J connectivity index is 1.35. The zero-order chi connectivity index (χ0) is 23.7. The van der Waals surface area contributed by atoms with Crippen molar-refractivity contribution in [2.45, 2.75) is 19.4 Å². The van der Waals surface area contributed by atoms with E-state index in [1.807, 2.05) is 17.2 Å². The molecule has 1 saturated heterocycles. The Labute approximate surface area is 196 Å². The molecule has 2 aliphatic heterocycles. The van der Waals surface area contributed by atoms with Gasteiger partial charge in [-0.05, 0) is 13.0 Å². The van der Waals surface area contributed by atoms with Gasteiger partial charge in [-0.2, -0.15) is 4.39 Å². The Morgan fingerprint density at radius 3 is 2.56 bits per heavy atom. The molecule has 176 valence electrons. The highest BCUT2D eigenvalue weighted by Gasteiger charge is 2.28. The number of rotatable bonds is 5. The van der Waals surface area contributed by atoms with Crippen molar-refractivity contribution in [1.82, 2.24) is 29.8 Å². The maximum Gasteiger partial charge on any atom is 0.231 e. The monoisotopic (exact) mass is 463 g/mol. The van der Waals surface area contributed by atoms with E-state index in [4.69, 9.17) is 10.7 Å². The first kappa shape index (κ1) is 22.1. The maximum absolute atomic E-state index is 14.6. The van der Waals surface area contributed by atoms with Crippen LogP contribution in [-0.2, 0) is 11.2 Å². The minimum Gasteiger partial charge on any atom is -0.369 e. The van der Waals surface area contributed by atoms with E-state index in [0.717, 1.165) is 16.9 Å². The molecule has 0 aliphatic carbocycles. The summed E-state index contributed by atoms with van der Waals surface area (Å²) >= 11 is 0. The molecule has 0 saturated carbocycles. The number of aromatic nitrogens is 5. The summed E-state index contributed by atoms with van der Waals surface area (Å²) in [7, 11) is 0. The van der Waals surface area contributed by atoms with Crippen molar-refractivity contribution in [2.75, 3.05) is 49.1 Å². The first-order valence-corrected chi connectivity index (χ1v) is 11.3. The zero-order valence-corrected chi connectivity index (χ0v) is 18.9. The van der Waals surface area contributed by atoms with Crippen molar-refractivity contribution in [3.8, 4) is 11.6 Å². The number of carbonyl (C=O) groups is 1. The van der Waals surface area contributed by atoms with Crippen LogP contribution in [0.2, 0.25) is 0 Å². The van der Waals surface area contributed by atoms with E-state index in [2.05, 4.69) is 36.7 Å². The molecule has 1 unspecified atom stereocenters. The predicted octanol–water partition coefficient (Wildman–Crippen LogP) is 1.20. The lowest BCUT2D eigenvalue weighted by Gasteiger charge is -2.37. The van der Waals surface area contributed by atoms with Crippen molar-refractivity contribution in [3.63, 3.8) is 0 Å². The van der Waals surface area contributed by atoms with Crippen LogP contribution in [0.25, 0.3) is 11.6 Å². The number of carbonyl (C=O) groups excluding carboxylic acids is 1. The molecule has 1 amide bonds. The van der Waals surface area contributed by atoms with Gasteiger partial charge in [0, 0.05) is 81.1 Å². The van der Waals surface area contributed by atoms with Crippen LogP contribution in [0.15, 0.2) is 36.8 Å². The molecule has 0 bridgehead atoms. The van der Waals surface area contributed by atoms with Crippen LogP contribution in [0.5, 0.6) is 0 Å². The molecule has 1 atom stereocenters.